The Kier molecular flexibility index (Phi) is 7.10. The van der Waals surface area contributed by atoms with Crippen LogP contribution in [0.3, 0.4) is 0 Å². The van der Waals surface area contributed by atoms with E-state index in [1.165, 1.54) is 0 Å². The first-order chi connectivity index (χ1) is 9.02. The first-order valence-electron chi connectivity index (χ1n) is 6.67. The highest BCUT2D eigenvalue weighted by atomic mass is 79.9. The van der Waals surface area contributed by atoms with Gasteiger partial charge in [0, 0.05) is 23.5 Å². The number of aliphatic hydroxyl groups is 1. The van der Waals surface area contributed by atoms with Crippen LogP contribution in [0.4, 0.5) is 0 Å². The summed E-state index contributed by atoms with van der Waals surface area (Å²) < 4.78 is 1.04. The van der Waals surface area contributed by atoms with Crippen LogP contribution in [0, 0.1) is 5.92 Å². The van der Waals surface area contributed by atoms with Crippen molar-refractivity contribution in [3.8, 4) is 0 Å². The Morgan fingerprint density at radius 2 is 1.95 bits per heavy atom. The fourth-order valence-electron chi connectivity index (χ4n) is 1.90. The number of nitrogens with one attached hydrogen (secondary N) is 1. The van der Waals surface area contributed by atoms with Crippen molar-refractivity contribution in [1.29, 1.82) is 0 Å². The van der Waals surface area contributed by atoms with E-state index in [2.05, 4.69) is 35.1 Å². The highest BCUT2D eigenvalue weighted by Gasteiger charge is 2.15. The standard InChI is InChI=1S/C15H22BrNO2/c1-11(2)14(9-10-18)17-15(19)8-5-12-3-6-13(16)7-4-12/h3-4,6-7,11,14,18H,5,8-10H2,1-2H3,(H,17,19). The van der Waals surface area contributed by atoms with Gasteiger partial charge in [-0.2, -0.15) is 0 Å². The quantitative estimate of drug-likeness (QED) is 0.809. The summed E-state index contributed by atoms with van der Waals surface area (Å²) in [5, 5.41) is 12.0. The summed E-state index contributed by atoms with van der Waals surface area (Å²) in [6, 6.07) is 8.06. The van der Waals surface area contributed by atoms with Gasteiger partial charge in [-0.3, -0.25) is 4.79 Å². The molecule has 19 heavy (non-hydrogen) atoms. The van der Waals surface area contributed by atoms with Gasteiger partial charge >= 0.3 is 0 Å². The van der Waals surface area contributed by atoms with Crippen molar-refractivity contribution in [1.82, 2.24) is 5.32 Å². The maximum atomic E-state index is 11.9. The number of hydrogen-bond donors (Lipinski definition) is 2. The van der Waals surface area contributed by atoms with Gasteiger partial charge in [0.25, 0.3) is 0 Å². The lowest BCUT2D eigenvalue weighted by molar-refractivity contribution is -0.122. The lowest BCUT2D eigenvalue weighted by atomic mass is 10.0. The molecule has 0 bridgehead atoms. The highest BCUT2D eigenvalue weighted by molar-refractivity contribution is 9.10. The summed E-state index contributed by atoms with van der Waals surface area (Å²) in [6.45, 7) is 4.21. The second-order valence-electron chi connectivity index (χ2n) is 5.06. The Hall–Kier alpha value is -0.870. The van der Waals surface area contributed by atoms with Gasteiger partial charge in [0.15, 0.2) is 0 Å². The molecule has 0 aliphatic carbocycles. The van der Waals surface area contributed by atoms with E-state index in [1.807, 2.05) is 24.3 Å². The van der Waals surface area contributed by atoms with Crippen molar-refractivity contribution < 1.29 is 9.90 Å². The number of amides is 1. The van der Waals surface area contributed by atoms with Crippen LogP contribution in [0.15, 0.2) is 28.7 Å². The minimum Gasteiger partial charge on any atom is -0.396 e. The van der Waals surface area contributed by atoms with Crippen molar-refractivity contribution in [2.24, 2.45) is 5.92 Å². The summed E-state index contributed by atoms with van der Waals surface area (Å²) in [5.41, 5.74) is 1.15. The Labute approximate surface area is 123 Å². The number of aryl methyl sites for hydroxylation is 1. The molecule has 0 aliphatic rings. The average Bonchev–Trinajstić information content (AvgIpc) is 2.37. The zero-order valence-corrected chi connectivity index (χ0v) is 13.1. The summed E-state index contributed by atoms with van der Waals surface area (Å²) in [6.07, 6.45) is 1.83. The maximum absolute atomic E-state index is 11.9. The second kappa shape index (κ2) is 8.33. The second-order valence-corrected chi connectivity index (χ2v) is 5.97. The first kappa shape index (κ1) is 16.2. The molecule has 1 amide bonds. The van der Waals surface area contributed by atoms with Crippen molar-refractivity contribution in [3.63, 3.8) is 0 Å². The zero-order chi connectivity index (χ0) is 14.3. The van der Waals surface area contributed by atoms with E-state index in [0.717, 1.165) is 16.5 Å². The van der Waals surface area contributed by atoms with E-state index in [1.54, 1.807) is 0 Å². The van der Waals surface area contributed by atoms with Gasteiger partial charge in [-0.1, -0.05) is 41.9 Å². The summed E-state index contributed by atoms with van der Waals surface area (Å²) in [7, 11) is 0. The molecule has 0 saturated heterocycles. The third-order valence-electron chi connectivity index (χ3n) is 3.15. The Morgan fingerprint density at radius 3 is 2.47 bits per heavy atom. The molecule has 1 atom stereocenters. The predicted molar refractivity (Wildman–Crippen MR) is 80.9 cm³/mol. The molecule has 0 aliphatic heterocycles. The molecule has 0 aromatic heterocycles. The zero-order valence-electron chi connectivity index (χ0n) is 11.5. The van der Waals surface area contributed by atoms with Gasteiger partial charge < -0.3 is 10.4 Å². The van der Waals surface area contributed by atoms with Crippen LogP contribution in [0.1, 0.15) is 32.3 Å². The van der Waals surface area contributed by atoms with E-state index in [4.69, 9.17) is 5.11 Å². The summed E-state index contributed by atoms with van der Waals surface area (Å²) in [4.78, 5) is 11.9. The first-order valence-corrected chi connectivity index (χ1v) is 7.47. The van der Waals surface area contributed by atoms with Gasteiger partial charge in [0.1, 0.15) is 0 Å². The number of rotatable bonds is 7. The lowest BCUT2D eigenvalue weighted by Gasteiger charge is -2.21. The Balaban J connectivity index is 2.40. The van der Waals surface area contributed by atoms with E-state index in [9.17, 15) is 4.79 Å². The smallest absolute Gasteiger partial charge is 0.220 e. The van der Waals surface area contributed by atoms with Gasteiger partial charge in [-0.05, 0) is 36.5 Å². The van der Waals surface area contributed by atoms with E-state index in [-0.39, 0.29) is 18.6 Å². The predicted octanol–water partition coefficient (Wildman–Crippen LogP) is 2.90. The number of carbonyl (C=O) groups excluding carboxylic acids is 1. The molecule has 4 heteroatoms. The molecule has 0 fully saturated rings. The Bertz CT molecular complexity index is 390. The van der Waals surface area contributed by atoms with Crippen LogP contribution in [0.5, 0.6) is 0 Å². The van der Waals surface area contributed by atoms with Gasteiger partial charge in [0.05, 0.1) is 0 Å². The van der Waals surface area contributed by atoms with Crippen molar-refractivity contribution in [2.75, 3.05) is 6.61 Å². The minimum atomic E-state index is 0.0510. The van der Waals surface area contributed by atoms with Crippen LogP contribution in [0.25, 0.3) is 0 Å². The molecule has 1 aromatic carbocycles. The SMILES string of the molecule is CC(C)C(CCO)NC(=O)CCc1ccc(Br)cc1. The number of carbonyl (C=O) groups is 1. The van der Waals surface area contributed by atoms with Crippen LogP contribution in [0.2, 0.25) is 0 Å². The van der Waals surface area contributed by atoms with Crippen LogP contribution < -0.4 is 5.32 Å². The minimum absolute atomic E-state index is 0.0510. The monoisotopic (exact) mass is 327 g/mol. The molecule has 0 spiro atoms. The third-order valence-corrected chi connectivity index (χ3v) is 3.67. The van der Waals surface area contributed by atoms with E-state index >= 15 is 0 Å². The van der Waals surface area contributed by atoms with Crippen molar-refractivity contribution in [3.05, 3.63) is 34.3 Å². The molecular formula is C15H22BrNO2. The Morgan fingerprint density at radius 1 is 1.32 bits per heavy atom. The molecule has 1 aromatic rings. The molecular weight excluding hydrogens is 306 g/mol. The van der Waals surface area contributed by atoms with Crippen molar-refractivity contribution in [2.45, 2.75) is 39.2 Å². The molecule has 0 saturated carbocycles. The summed E-state index contributed by atoms with van der Waals surface area (Å²) in [5.74, 6) is 0.388. The van der Waals surface area contributed by atoms with Crippen LogP contribution in [-0.4, -0.2) is 23.7 Å². The van der Waals surface area contributed by atoms with Gasteiger partial charge in [-0.25, -0.2) is 0 Å². The number of aliphatic hydroxyl groups excluding tert-OH is 1. The molecule has 0 heterocycles. The number of halogens is 1. The number of benzene rings is 1. The molecule has 1 rings (SSSR count). The van der Waals surface area contributed by atoms with E-state index < -0.39 is 0 Å². The van der Waals surface area contributed by atoms with Crippen molar-refractivity contribution >= 4 is 21.8 Å². The van der Waals surface area contributed by atoms with Gasteiger partial charge in [-0.15, -0.1) is 0 Å². The maximum Gasteiger partial charge on any atom is 0.220 e. The topological polar surface area (TPSA) is 49.3 Å². The fraction of sp³-hybridized carbons (Fsp3) is 0.533. The van der Waals surface area contributed by atoms with Gasteiger partial charge in [0.2, 0.25) is 5.91 Å². The summed E-state index contributed by atoms with van der Waals surface area (Å²) >= 11 is 3.39. The molecule has 1 unspecified atom stereocenters. The normalized spacial score (nSPS) is 12.5. The average molecular weight is 328 g/mol. The molecule has 2 N–H and O–H groups in total. The lowest BCUT2D eigenvalue weighted by Crippen LogP contribution is -2.39. The fourth-order valence-corrected chi connectivity index (χ4v) is 2.16. The highest BCUT2D eigenvalue weighted by Crippen LogP contribution is 2.12. The van der Waals surface area contributed by atoms with Crippen LogP contribution in [-0.2, 0) is 11.2 Å². The molecule has 0 radical (unpaired) electrons. The molecule has 3 nitrogen and oxygen atoms in total. The third kappa shape index (κ3) is 6.21. The largest absolute Gasteiger partial charge is 0.396 e. The van der Waals surface area contributed by atoms with E-state index in [0.29, 0.717) is 18.8 Å². The molecule has 106 valence electrons. The number of hydrogen-bond acceptors (Lipinski definition) is 2. The van der Waals surface area contributed by atoms with Crippen LogP contribution >= 0.6 is 15.9 Å².